The van der Waals surface area contributed by atoms with E-state index in [1.165, 1.54) is 24.3 Å². The maximum absolute atomic E-state index is 13.5. The van der Waals surface area contributed by atoms with E-state index in [1.807, 2.05) is 0 Å². The van der Waals surface area contributed by atoms with Crippen LogP contribution in [0.5, 0.6) is 0 Å². The molecular formula is C12H11FN2O2S. The smallest absolute Gasteiger partial charge is 0.206 e. The summed E-state index contributed by atoms with van der Waals surface area (Å²) in [6, 6.07) is 11.4. The van der Waals surface area contributed by atoms with Gasteiger partial charge in [0.25, 0.3) is 0 Å². The van der Waals surface area contributed by atoms with Crippen LogP contribution in [-0.2, 0) is 9.84 Å². The van der Waals surface area contributed by atoms with Gasteiger partial charge in [-0.1, -0.05) is 18.2 Å². The molecule has 4 nitrogen and oxygen atoms in total. The number of hydrazine groups is 1. The molecule has 0 unspecified atom stereocenters. The molecule has 0 atom stereocenters. The Morgan fingerprint density at radius 1 is 1.00 bits per heavy atom. The van der Waals surface area contributed by atoms with Gasteiger partial charge in [0.1, 0.15) is 5.82 Å². The molecule has 0 saturated heterocycles. The van der Waals surface area contributed by atoms with Gasteiger partial charge >= 0.3 is 0 Å². The highest BCUT2D eigenvalue weighted by Gasteiger charge is 2.18. The SMILES string of the molecule is NNc1ccc(S(=O)(=O)c2ccccc2)cc1F. The van der Waals surface area contributed by atoms with Gasteiger partial charge in [0.05, 0.1) is 15.5 Å². The second-order valence-electron chi connectivity index (χ2n) is 3.60. The summed E-state index contributed by atoms with van der Waals surface area (Å²) < 4.78 is 37.8. The van der Waals surface area contributed by atoms with Crippen molar-refractivity contribution in [2.24, 2.45) is 5.84 Å². The van der Waals surface area contributed by atoms with Gasteiger partial charge in [-0.15, -0.1) is 0 Å². The lowest BCUT2D eigenvalue weighted by Gasteiger charge is -2.07. The Bertz CT molecular complexity index is 657. The molecule has 3 N–H and O–H groups in total. The number of benzene rings is 2. The van der Waals surface area contributed by atoms with Gasteiger partial charge in [-0.3, -0.25) is 5.84 Å². The van der Waals surface area contributed by atoms with Crippen molar-refractivity contribution in [2.45, 2.75) is 9.79 Å². The molecule has 6 heteroatoms. The van der Waals surface area contributed by atoms with Crippen molar-refractivity contribution >= 4 is 15.5 Å². The Labute approximate surface area is 104 Å². The van der Waals surface area contributed by atoms with Gasteiger partial charge in [0, 0.05) is 0 Å². The van der Waals surface area contributed by atoms with Crippen LogP contribution in [-0.4, -0.2) is 8.42 Å². The van der Waals surface area contributed by atoms with E-state index in [1.54, 1.807) is 18.2 Å². The first-order valence-corrected chi connectivity index (χ1v) is 6.60. The number of hydrogen-bond donors (Lipinski definition) is 2. The first-order chi connectivity index (χ1) is 8.55. The zero-order valence-corrected chi connectivity index (χ0v) is 10.1. The summed E-state index contributed by atoms with van der Waals surface area (Å²) in [5.74, 6) is 4.37. The predicted octanol–water partition coefficient (Wildman–Crippen LogP) is 1.94. The van der Waals surface area contributed by atoms with E-state index < -0.39 is 15.7 Å². The predicted molar refractivity (Wildman–Crippen MR) is 66.1 cm³/mol. The summed E-state index contributed by atoms with van der Waals surface area (Å²) in [4.78, 5) is 0.0167. The highest BCUT2D eigenvalue weighted by molar-refractivity contribution is 7.91. The van der Waals surface area contributed by atoms with E-state index in [2.05, 4.69) is 5.43 Å². The van der Waals surface area contributed by atoms with E-state index in [0.29, 0.717) is 0 Å². The minimum atomic E-state index is -3.70. The van der Waals surface area contributed by atoms with Crippen LogP contribution in [0.15, 0.2) is 58.3 Å². The van der Waals surface area contributed by atoms with E-state index in [0.717, 1.165) is 6.07 Å². The molecule has 0 saturated carbocycles. The van der Waals surface area contributed by atoms with Crippen LogP contribution in [0.1, 0.15) is 0 Å². The molecule has 0 aliphatic carbocycles. The van der Waals surface area contributed by atoms with E-state index in [4.69, 9.17) is 5.84 Å². The molecule has 0 aliphatic rings. The number of rotatable bonds is 3. The van der Waals surface area contributed by atoms with Crippen molar-refractivity contribution in [3.05, 3.63) is 54.3 Å². The summed E-state index contributed by atoms with van der Waals surface area (Å²) >= 11 is 0. The number of nitrogens with one attached hydrogen (secondary N) is 1. The van der Waals surface area contributed by atoms with Crippen molar-refractivity contribution in [1.29, 1.82) is 0 Å². The maximum Gasteiger partial charge on any atom is 0.206 e. The third-order valence-corrected chi connectivity index (χ3v) is 4.23. The summed E-state index contributed by atoms with van der Waals surface area (Å²) in [5.41, 5.74) is 2.19. The fourth-order valence-electron chi connectivity index (χ4n) is 1.52. The van der Waals surface area contributed by atoms with Crippen LogP contribution in [0.2, 0.25) is 0 Å². The van der Waals surface area contributed by atoms with Crippen molar-refractivity contribution < 1.29 is 12.8 Å². The summed E-state index contributed by atoms with van der Waals surface area (Å²) in [5, 5.41) is 0. The van der Waals surface area contributed by atoms with Crippen LogP contribution in [0.25, 0.3) is 0 Å². The molecule has 0 fully saturated rings. The minimum Gasteiger partial charge on any atom is -0.321 e. The lowest BCUT2D eigenvalue weighted by Crippen LogP contribution is -2.09. The van der Waals surface area contributed by atoms with E-state index >= 15 is 0 Å². The van der Waals surface area contributed by atoms with Crippen LogP contribution in [0.4, 0.5) is 10.1 Å². The average molecular weight is 266 g/mol. The fourth-order valence-corrected chi connectivity index (χ4v) is 2.81. The highest BCUT2D eigenvalue weighted by atomic mass is 32.2. The van der Waals surface area contributed by atoms with Crippen molar-refractivity contribution in [3.8, 4) is 0 Å². The quantitative estimate of drug-likeness (QED) is 0.658. The lowest BCUT2D eigenvalue weighted by atomic mass is 10.3. The standard InChI is InChI=1S/C12H11FN2O2S/c13-11-8-10(6-7-12(11)15-14)18(16,17)9-4-2-1-3-5-9/h1-8,15H,14H2. The molecule has 0 heterocycles. The van der Waals surface area contributed by atoms with Gasteiger partial charge in [0.15, 0.2) is 0 Å². The summed E-state index contributed by atoms with van der Waals surface area (Å²) in [7, 11) is -3.70. The van der Waals surface area contributed by atoms with Gasteiger partial charge in [-0.2, -0.15) is 0 Å². The molecule has 0 bridgehead atoms. The molecule has 0 aliphatic heterocycles. The Balaban J connectivity index is 2.52. The number of halogens is 1. The third-order valence-electron chi connectivity index (χ3n) is 2.46. The molecule has 2 aromatic carbocycles. The molecule has 0 amide bonds. The number of hydrogen-bond acceptors (Lipinski definition) is 4. The minimum absolute atomic E-state index is 0.0435. The highest BCUT2D eigenvalue weighted by Crippen LogP contribution is 2.23. The Morgan fingerprint density at radius 2 is 1.67 bits per heavy atom. The third kappa shape index (κ3) is 2.20. The van der Waals surface area contributed by atoms with Crippen molar-refractivity contribution in [2.75, 3.05) is 5.43 Å². The molecule has 2 rings (SSSR count). The lowest BCUT2D eigenvalue weighted by molar-refractivity contribution is 0.591. The summed E-state index contributed by atoms with van der Waals surface area (Å²) in [6.45, 7) is 0. The fraction of sp³-hybridized carbons (Fsp3) is 0. The molecule has 0 spiro atoms. The van der Waals surface area contributed by atoms with Crippen LogP contribution < -0.4 is 11.3 Å². The maximum atomic E-state index is 13.5. The van der Waals surface area contributed by atoms with Crippen LogP contribution in [0.3, 0.4) is 0 Å². The molecule has 2 aromatic rings. The van der Waals surface area contributed by atoms with Gasteiger partial charge in [-0.25, -0.2) is 12.8 Å². The Morgan fingerprint density at radius 3 is 2.22 bits per heavy atom. The van der Waals surface area contributed by atoms with E-state index in [9.17, 15) is 12.8 Å². The second-order valence-corrected chi connectivity index (χ2v) is 5.55. The molecule has 94 valence electrons. The average Bonchev–Trinajstić information content (AvgIpc) is 2.39. The monoisotopic (exact) mass is 266 g/mol. The first-order valence-electron chi connectivity index (χ1n) is 5.12. The largest absolute Gasteiger partial charge is 0.321 e. The Hall–Kier alpha value is -1.92. The van der Waals surface area contributed by atoms with E-state index in [-0.39, 0.29) is 15.5 Å². The van der Waals surface area contributed by atoms with Gasteiger partial charge in [0.2, 0.25) is 9.84 Å². The topological polar surface area (TPSA) is 72.2 Å². The molecule has 0 radical (unpaired) electrons. The molecule has 0 aromatic heterocycles. The van der Waals surface area contributed by atoms with Gasteiger partial charge in [-0.05, 0) is 30.3 Å². The second kappa shape index (κ2) is 4.75. The first kappa shape index (κ1) is 12.5. The number of nitrogens with two attached hydrogens (primary N) is 1. The number of nitrogen functional groups attached to an aromatic ring is 1. The zero-order chi connectivity index (χ0) is 13.2. The molecular weight excluding hydrogens is 255 g/mol. The number of anilines is 1. The zero-order valence-electron chi connectivity index (χ0n) is 9.30. The normalized spacial score (nSPS) is 11.2. The number of sulfone groups is 1. The van der Waals surface area contributed by atoms with Crippen molar-refractivity contribution in [1.82, 2.24) is 0 Å². The van der Waals surface area contributed by atoms with Crippen LogP contribution in [0, 0.1) is 5.82 Å². The van der Waals surface area contributed by atoms with Gasteiger partial charge < -0.3 is 5.43 Å². The summed E-state index contributed by atoms with van der Waals surface area (Å²) in [6.07, 6.45) is 0. The van der Waals surface area contributed by atoms with Crippen LogP contribution >= 0.6 is 0 Å². The van der Waals surface area contributed by atoms with Crippen molar-refractivity contribution in [3.63, 3.8) is 0 Å². The Kier molecular flexibility index (Phi) is 3.31. The molecule has 18 heavy (non-hydrogen) atoms.